The molecule has 16 heavy (non-hydrogen) atoms. The summed E-state index contributed by atoms with van der Waals surface area (Å²) in [6, 6.07) is 9.35. The van der Waals surface area contributed by atoms with E-state index in [1.165, 1.54) is 30.5 Å². The van der Waals surface area contributed by atoms with Crippen molar-refractivity contribution >= 4 is 0 Å². The van der Waals surface area contributed by atoms with E-state index in [-0.39, 0.29) is 0 Å². The number of rotatable bonds is 5. The van der Waals surface area contributed by atoms with Gasteiger partial charge in [0.2, 0.25) is 0 Å². The minimum Gasteiger partial charge on any atom is -0.315 e. The Hall–Kier alpha value is -0.860. The predicted octanol–water partition coefficient (Wildman–Crippen LogP) is 1.88. The molecule has 1 aromatic carbocycles. The van der Waals surface area contributed by atoms with E-state index in [1.807, 2.05) is 0 Å². The van der Waals surface area contributed by atoms with Gasteiger partial charge < -0.3 is 10.6 Å². The van der Waals surface area contributed by atoms with Crippen LogP contribution in [0.3, 0.4) is 0 Å². The molecular formula is C14H22N2. The topological polar surface area (TPSA) is 24.1 Å². The monoisotopic (exact) mass is 218 g/mol. The fourth-order valence-corrected chi connectivity index (χ4v) is 2.32. The smallest absolute Gasteiger partial charge is 0.0192 e. The van der Waals surface area contributed by atoms with Crippen molar-refractivity contribution in [2.24, 2.45) is 0 Å². The molecule has 1 heterocycles. The highest BCUT2D eigenvalue weighted by molar-refractivity contribution is 5.25. The van der Waals surface area contributed by atoms with E-state index in [0.717, 1.165) is 19.5 Å². The molecule has 0 amide bonds. The van der Waals surface area contributed by atoms with Crippen LogP contribution in [0.2, 0.25) is 0 Å². The second-order valence-electron chi connectivity index (χ2n) is 4.67. The Morgan fingerprint density at radius 1 is 1.38 bits per heavy atom. The van der Waals surface area contributed by atoms with Crippen LogP contribution in [0.4, 0.5) is 0 Å². The van der Waals surface area contributed by atoms with E-state index in [2.05, 4.69) is 41.8 Å². The molecule has 1 aliphatic rings. The lowest BCUT2D eigenvalue weighted by Crippen LogP contribution is -2.34. The summed E-state index contributed by atoms with van der Waals surface area (Å²) in [6.45, 7) is 5.59. The van der Waals surface area contributed by atoms with Crippen molar-refractivity contribution in [3.63, 3.8) is 0 Å². The first-order valence-corrected chi connectivity index (χ1v) is 6.35. The van der Waals surface area contributed by atoms with Crippen LogP contribution < -0.4 is 10.6 Å². The average Bonchev–Trinajstić information content (AvgIpc) is 2.79. The molecule has 1 aromatic rings. The minimum absolute atomic E-state index is 0.705. The minimum atomic E-state index is 0.705. The predicted molar refractivity (Wildman–Crippen MR) is 68.8 cm³/mol. The van der Waals surface area contributed by atoms with Crippen molar-refractivity contribution in [3.05, 3.63) is 35.4 Å². The molecule has 0 aliphatic carbocycles. The van der Waals surface area contributed by atoms with E-state index in [1.54, 1.807) is 0 Å². The van der Waals surface area contributed by atoms with Gasteiger partial charge in [-0.3, -0.25) is 0 Å². The third kappa shape index (κ3) is 3.32. The molecule has 1 saturated heterocycles. The van der Waals surface area contributed by atoms with Crippen LogP contribution in [0.5, 0.6) is 0 Å². The summed E-state index contributed by atoms with van der Waals surface area (Å²) in [7, 11) is 0. The number of benzene rings is 1. The lowest BCUT2D eigenvalue weighted by Gasteiger charge is -2.12. The number of hydrogen-bond acceptors (Lipinski definition) is 2. The summed E-state index contributed by atoms with van der Waals surface area (Å²) in [5, 5.41) is 7.04. The van der Waals surface area contributed by atoms with Crippen LogP contribution in [-0.2, 0) is 6.42 Å². The zero-order chi connectivity index (χ0) is 11.2. The van der Waals surface area contributed by atoms with Gasteiger partial charge in [0, 0.05) is 12.6 Å². The Morgan fingerprint density at radius 3 is 3.00 bits per heavy atom. The summed E-state index contributed by atoms with van der Waals surface area (Å²) < 4.78 is 0. The van der Waals surface area contributed by atoms with Crippen LogP contribution >= 0.6 is 0 Å². The molecule has 0 saturated carbocycles. The second kappa shape index (κ2) is 6.02. The molecule has 88 valence electrons. The molecule has 0 aromatic heterocycles. The summed E-state index contributed by atoms with van der Waals surface area (Å²) >= 11 is 0. The first-order valence-electron chi connectivity index (χ1n) is 6.35. The van der Waals surface area contributed by atoms with Crippen molar-refractivity contribution in [1.82, 2.24) is 10.6 Å². The fourth-order valence-electron chi connectivity index (χ4n) is 2.32. The Morgan fingerprint density at radius 2 is 2.25 bits per heavy atom. The van der Waals surface area contributed by atoms with Crippen LogP contribution in [0.25, 0.3) is 0 Å². The van der Waals surface area contributed by atoms with E-state index in [9.17, 15) is 0 Å². The van der Waals surface area contributed by atoms with Crippen LogP contribution in [-0.4, -0.2) is 25.7 Å². The summed E-state index contributed by atoms with van der Waals surface area (Å²) in [6.07, 6.45) is 3.81. The highest BCUT2D eigenvalue weighted by atomic mass is 15.0. The molecule has 0 radical (unpaired) electrons. The molecule has 2 rings (SSSR count). The number of aryl methyl sites for hydroxylation is 1. The van der Waals surface area contributed by atoms with Gasteiger partial charge in [-0.1, -0.05) is 24.3 Å². The quantitative estimate of drug-likeness (QED) is 0.737. The van der Waals surface area contributed by atoms with Crippen molar-refractivity contribution < 1.29 is 0 Å². The van der Waals surface area contributed by atoms with Gasteiger partial charge in [0.25, 0.3) is 0 Å². The lowest BCUT2D eigenvalue weighted by molar-refractivity contribution is 0.537. The summed E-state index contributed by atoms with van der Waals surface area (Å²) in [5.74, 6) is 0. The lowest BCUT2D eigenvalue weighted by atomic mass is 10.1. The van der Waals surface area contributed by atoms with Crippen LogP contribution in [0, 0.1) is 6.92 Å². The number of hydrogen-bond donors (Lipinski definition) is 2. The maximum atomic E-state index is 3.54. The van der Waals surface area contributed by atoms with Crippen LogP contribution in [0.15, 0.2) is 24.3 Å². The second-order valence-corrected chi connectivity index (χ2v) is 4.67. The Bertz CT molecular complexity index is 316. The molecule has 0 spiro atoms. The Balaban J connectivity index is 1.66. The Kier molecular flexibility index (Phi) is 4.37. The maximum Gasteiger partial charge on any atom is 0.0192 e. The van der Waals surface area contributed by atoms with Gasteiger partial charge in [-0.2, -0.15) is 0 Å². The third-order valence-corrected chi connectivity index (χ3v) is 3.39. The van der Waals surface area contributed by atoms with Gasteiger partial charge in [-0.05, 0) is 50.4 Å². The highest BCUT2D eigenvalue weighted by Gasteiger charge is 2.12. The average molecular weight is 218 g/mol. The molecule has 1 aliphatic heterocycles. The van der Waals surface area contributed by atoms with Crippen molar-refractivity contribution in [1.29, 1.82) is 0 Å². The fraction of sp³-hybridized carbons (Fsp3) is 0.571. The van der Waals surface area contributed by atoms with E-state index in [0.29, 0.717) is 6.04 Å². The van der Waals surface area contributed by atoms with E-state index in [4.69, 9.17) is 0 Å². The molecule has 2 heteroatoms. The third-order valence-electron chi connectivity index (χ3n) is 3.39. The van der Waals surface area contributed by atoms with Gasteiger partial charge in [-0.25, -0.2) is 0 Å². The summed E-state index contributed by atoms with van der Waals surface area (Å²) in [5.41, 5.74) is 2.87. The van der Waals surface area contributed by atoms with Gasteiger partial charge >= 0.3 is 0 Å². The summed E-state index contributed by atoms with van der Waals surface area (Å²) in [4.78, 5) is 0. The molecule has 2 N–H and O–H groups in total. The Labute approximate surface area is 98.4 Å². The molecule has 2 nitrogen and oxygen atoms in total. The van der Waals surface area contributed by atoms with Gasteiger partial charge in [0.05, 0.1) is 0 Å². The van der Waals surface area contributed by atoms with Gasteiger partial charge in [0.15, 0.2) is 0 Å². The van der Waals surface area contributed by atoms with Crippen molar-refractivity contribution in [2.45, 2.75) is 32.2 Å². The maximum absolute atomic E-state index is 3.54. The first kappa shape index (κ1) is 11.6. The first-order chi connectivity index (χ1) is 7.86. The van der Waals surface area contributed by atoms with Crippen LogP contribution in [0.1, 0.15) is 24.0 Å². The van der Waals surface area contributed by atoms with Gasteiger partial charge in [0.1, 0.15) is 0 Å². The van der Waals surface area contributed by atoms with Crippen molar-refractivity contribution in [2.75, 3.05) is 19.6 Å². The largest absolute Gasteiger partial charge is 0.315 e. The highest BCUT2D eigenvalue weighted by Crippen LogP contribution is 2.07. The molecular weight excluding hydrogens is 196 g/mol. The van der Waals surface area contributed by atoms with Crippen molar-refractivity contribution in [3.8, 4) is 0 Å². The standard InChI is InChI=1S/C14H22N2/c1-12-5-2-3-6-13(12)8-10-15-11-14-7-4-9-16-14/h2-3,5-6,14-16H,4,7-11H2,1H3. The molecule has 1 atom stereocenters. The zero-order valence-electron chi connectivity index (χ0n) is 10.1. The molecule has 0 bridgehead atoms. The zero-order valence-corrected chi connectivity index (χ0v) is 10.1. The van der Waals surface area contributed by atoms with E-state index < -0.39 is 0 Å². The molecule has 1 unspecified atom stereocenters. The van der Waals surface area contributed by atoms with Gasteiger partial charge in [-0.15, -0.1) is 0 Å². The normalized spacial score (nSPS) is 20.2. The molecule has 1 fully saturated rings. The van der Waals surface area contributed by atoms with E-state index >= 15 is 0 Å². The SMILES string of the molecule is Cc1ccccc1CCNCC1CCCN1. The number of nitrogens with one attached hydrogen (secondary N) is 2.